The van der Waals surface area contributed by atoms with Gasteiger partial charge in [-0.1, -0.05) is 26.8 Å². The first-order valence-electron chi connectivity index (χ1n) is 8.55. The van der Waals surface area contributed by atoms with E-state index in [0.717, 1.165) is 18.4 Å². The lowest BCUT2D eigenvalue weighted by Crippen LogP contribution is -2.03. The Labute approximate surface area is 141 Å². The van der Waals surface area contributed by atoms with E-state index < -0.39 is 0 Å². The van der Waals surface area contributed by atoms with E-state index in [4.69, 9.17) is 0 Å². The molecule has 120 valence electrons. The molecule has 2 aromatic heterocycles. The average Bonchev–Trinajstić information content (AvgIpc) is 3.21. The normalized spacial score (nSPS) is 15.5. The summed E-state index contributed by atoms with van der Waals surface area (Å²) in [6.07, 6.45) is 4.65. The molecule has 0 amide bonds. The van der Waals surface area contributed by atoms with E-state index >= 15 is 0 Å². The maximum atomic E-state index is 4.61. The van der Waals surface area contributed by atoms with E-state index in [9.17, 15) is 0 Å². The summed E-state index contributed by atoms with van der Waals surface area (Å²) >= 11 is 1.76. The molecule has 3 nitrogen and oxygen atoms in total. The second-order valence-corrected chi connectivity index (χ2v) is 7.92. The zero-order valence-corrected chi connectivity index (χ0v) is 14.8. The number of benzene rings is 1. The van der Waals surface area contributed by atoms with Crippen molar-refractivity contribution < 1.29 is 0 Å². The van der Waals surface area contributed by atoms with Gasteiger partial charge in [0.25, 0.3) is 0 Å². The van der Waals surface area contributed by atoms with Crippen LogP contribution in [0, 0.1) is 0 Å². The van der Waals surface area contributed by atoms with Crippen molar-refractivity contribution in [3.05, 3.63) is 45.7 Å². The molecule has 0 spiro atoms. The molecule has 1 aliphatic rings. The molecule has 1 aromatic carbocycles. The van der Waals surface area contributed by atoms with Gasteiger partial charge in [0.2, 0.25) is 0 Å². The third-order valence-corrected chi connectivity index (χ3v) is 5.88. The van der Waals surface area contributed by atoms with Gasteiger partial charge in [0.05, 0.1) is 21.4 Å². The molecule has 1 N–H and O–H groups in total. The van der Waals surface area contributed by atoms with Crippen molar-refractivity contribution >= 4 is 21.6 Å². The molecule has 0 fully saturated rings. The summed E-state index contributed by atoms with van der Waals surface area (Å²) in [5.41, 5.74) is 10.1. The number of aryl methyl sites for hydroxylation is 1. The molecule has 0 aliphatic heterocycles. The molecule has 1 atom stereocenters. The molecular formula is C19H23N3S. The van der Waals surface area contributed by atoms with E-state index in [1.165, 1.54) is 45.6 Å². The quantitative estimate of drug-likeness (QED) is 0.735. The lowest BCUT2D eigenvalue weighted by atomic mass is 9.92. The first kappa shape index (κ1) is 14.9. The van der Waals surface area contributed by atoms with Gasteiger partial charge in [0, 0.05) is 11.6 Å². The highest BCUT2D eigenvalue weighted by Gasteiger charge is 2.22. The minimum Gasteiger partial charge on any atom is -0.282 e. The third kappa shape index (κ3) is 2.59. The number of hydrogen-bond acceptors (Lipinski definition) is 3. The number of fused-ring (bicyclic) bond motifs is 2. The minimum atomic E-state index is 0.448. The largest absolute Gasteiger partial charge is 0.282 e. The molecule has 2 heterocycles. The summed E-state index contributed by atoms with van der Waals surface area (Å²) in [4.78, 5) is 4.55. The number of rotatable bonds is 4. The second kappa shape index (κ2) is 5.75. The van der Waals surface area contributed by atoms with E-state index in [0.29, 0.717) is 11.8 Å². The van der Waals surface area contributed by atoms with Crippen LogP contribution in [0.4, 0.5) is 0 Å². The van der Waals surface area contributed by atoms with Crippen LogP contribution >= 0.6 is 11.3 Å². The van der Waals surface area contributed by atoms with E-state index in [2.05, 4.69) is 48.1 Å². The summed E-state index contributed by atoms with van der Waals surface area (Å²) in [6.45, 7) is 6.83. The molecule has 0 radical (unpaired) electrons. The number of aromatic amines is 1. The van der Waals surface area contributed by atoms with Crippen LogP contribution in [0.5, 0.6) is 0 Å². The van der Waals surface area contributed by atoms with Crippen LogP contribution in [0.3, 0.4) is 0 Å². The lowest BCUT2D eigenvalue weighted by molar-refractivity contribution is 0.707. The number of nitrogens with one attached hydrogen (secondary N) is 1. The molecular weight excluding hydrogens is 302 g/mol. The Morgan fingerprint density at radius 2 is 2.09 bits per heavy atom. The first-order valence-corrected chi connectivity index (χ1v) is 9.43. The maximum Gasteiger partial charge on any atom is 0.0817 e. The van der Waals surface area contributed by atoms with Crippen LogP contribution in [0.15, 0.2) is 17.6 Å². The molecule has 0 saturated heterocycles. The number of thiazole rings is 1. The van der Waals surface area contributed by atoms with Gasteiger partial charge in [-0.25, -0.2) is 4.98 Å². The molecule has 3 aromatic rings. The highest BCUT2D eigenvalue weighted by Crippen LogP contribution is 2.33. The summed E-state index contributed by atoms with van der Waals surface area (Å²) < 4.78 is 1.34. The molecule has 1 unspecified atom stereocenters. The summed E-state index contributed by atoms with van der Waals surface area (Å²) in [6, 6.07) is 4.65. The highest BCUT2D eigenvalue weighted by atomic mass is 32.1. The number of nitrogens with zero attached hydrogens (tertiary/aromatic N) is 2. The topological polar surface area (TPSA) is 41.6 Å². The van der Waals surface area contributed by atoms with Gasteiger partial charge in [0.1, 0.15) is 0 Å². The lowest BCUT2D eigenvalue weighted by Gasteiger charge is -2.14. The number of H-pyrrole nitrogens is 1. The first-order chi connectivity index (χ1) is 11.1. The molecule has 4 heteroatoms. The number of aromatic nitrogens is 3. The summed E-state index contributed by atoms with van der Waals surface area (Å²) in [5.74, 6) is 0.979. The Bertz CT molecular complexity index is 844. The SMILES string of the molecule is CC(C)c1cc(CC(C)c2n[nH]c3c2CCC3)cc2ncsc12. The monoisotopic (exact) mass is 325 g/mol. The van der Waals surface area contributed by atoms with Gasteiger partial charge < -0.3 is 0 Å². The van der Waals surface area contributed by atoms with Gasteiger partial charge in [-0.15, -0.1) is 11.3 Å². The molecule has 0 bridgehead atoms. The van der Waals surface area contributed by atoms with Crippen molar-refractivity contribution in [2.75, 3.05) is 0 Å². The predicted molar refractivity (Wildman–Crippen MR) is 96.4 cm³/mol. The van der Waals surface area contributed by atoms with Crippen molar-refractivity contribution in [1.82, 2.24) is 15.2 Å². The van der Waals surface area contributed by atoms with Gasteiger partial charge >= 0.3 is 0 Å². The van der Waals surface area contributed by atoms with Gasteiger partial charge in [-0.05, 0) is 54.4 Å². The van der Waals surface area contributed by atoms with Gasteiger partial charge in [-0.3, -0.25) is 5.10 Å². The van der Waals surface area contributed by atoms with Crippen LogP contribution in [0.25, 0.3) is 10.2 Å². The molecule has 0 saturated carbocycles. The molecule has 4 rings (SSSR count). The molecule has 23 heavy (non-hydrogen) atoms. The standard InChI is InChI=1S/C19H23N3S/c1-11(2)15-8-13(9-17-19(15)23-10-20-17)7-12(3)18-14-5-4-6-16(14)21-22-18/h8-12H,4-7H2,1-3H3,(H,21,22). The van der Waals surface area contributed by atoms with E-state index in [1.807, 2.05) is 5.51 Å². The van der Waals surface area contributed by atoms with E-state index in [-0.39, 0.29) is 0 Å². The molecule has 1 aliphatic carbocycles. The van der Waals surface area contributed by atoms with Crippen molar-refractivity contribution in [3.8, 4) is 0 Å². The van der Waals surface area contributed by atoms with Crippen LogP contribution in [0.2, 0.25) is 0 Å². The van der Waals surface area contributed by atoms with Crippen molar-refractivity contribution in [1.29, 1.82) is 0 Å². The van der Waals surface area contributed by atoms with Crippen LogP contribution in [0.1, 0.15) is 67.1 Å². The maximum absolute atomic E-state index is 4.61. The number of hydrogen-bond donors (Lipinski definition) is 1. The van der Waals surface area contributed by atoms with Gasteiger partial charge in [-0.2, -0.15) is 5.10 Å². The van der Waals surface area contributed by atoms with Crippen LogP contribution in [-0.2, 0) is 19.3 Å². The fraction of sp³-hybridized carbons (Fsp3) is 0.474. The van der Waals surface area contributed by atoms with Crippen molar-refractivity contribution in [3.63, 3.8) is 0 Å². The van der Waals surface area contributed by atoms with Crippen LogP contribution in [-0.4, -0.2) is 15.2 Å². The fourth-order valence-corrected chi connectivity index (χ4v) is 4.74. The Morgan fingerprint density at radius 1 is 1.22 bits per heavy atom. The van der Waals surface area contributed by atoms with Gasteiger partial charge in [0.15, 0.2) is 0 Å². The summed E-state index contributed by atoms with van der Waals surface area (Å²) in [7, 11) is 0. The smallest absolute Gasteiger partial charge is 0.0817 e. The van der Waals surface area contributed by atoms with E-state index in [1.54, 1.807) is 11.3 Å². The second-order valence-electron chi connectivity index (χ2n) is 7.07. The van der Waals surface area contributed by atoms with Crippen molar-refractivity contribution in [2.24, 2.45) is 0 Å². The highest BCUT2D eigenvalue weighted by molar-refractivity contribution is 7.17. The summed E-state index contributed by atoms with van der Waals surface area (Å²) in [5, 5.41) is 7.85. The van der Waals surface area contributed by atoms with Crippen molar-refractivity contribution in [2.45, 2.75) is 58.3 Å². The average molecular weight is 325 g/mol. The Kier molecular flexibility index (Phi) is 3.72. The fourth-order valence-electron chi connectivity index (χ4n) is 3.81. The zero-order chi connectivity index (χ0) is 16.0. The Balaban J connectivity index is 1.66. The zero-order valence-electron chi connectivity index (χ0n) is 14.0. The predicted octanol–water partition coefficient (Wildman–Crippen LogP) is 4.98. The Hall–Kier alpha value is -1.68. The third-order valence-electron chi connectivity index (χ3n) is 4.99. The Morgan fingerprint density at radius 3 is 2.91 bits per heavy atom. The minimum absolute atomic E-state index is 0.448. The van der Waals surface area contributed by atoms with Crippen LogP contribution < -0.4 is 0 Å².